The van der Waals surface area contributed by atoms with Crippen molar-refractivity contribution in [3.8, 4) is 5.75 Å². The zero-order valence-corrected chi connectivity index (χ0v) is 22.2. The van der Waals surface area contributed by atoms with Gasteiger partial charge in [-0.25, -0.2) is 0 Å². The van der Waals surface area contributed by atoms with Gasteiger partial charge in [-0.3, -0.25) is 9.59 Å². The van der Waals surface area contributed by atoms with Gasteiger partial charge in [0.05, 0.1) is 14.5 Å². The number of rotatable bonds is 10. The molecule has 0 spiro atoms. The summed E-state index contributed by atoms with van der Waals surface area (Å²) in [6.45, 7) is 4.40. The minimum absolute atomic E-state index is 0.190. The monoisotopic (exact) mass is 564 g/mol. The van der Waals surface area contributed by atoms with Crippen LogP contribution in [-0.4, -0.2) is 35.9 Å². The highest BCUT2D eigenvalue weighted by Crippen LogP contribution is 2.33. The summed E-state index contributed by atoms with van der Waals surface area (Å²) in [5.74, 6) is 0.0688. The van der Waals surface area contributed by atoms with Crippen molar-refractivity contribution in [1.29, 1.82) is 0 Å². The Kier molecular flexibility index (Phi) is 9.63. The largest absolute Gasteiger partial charge is 0.483 e. The van der Waals surface area contributed by atoms with Gasteiger partial charge in [0.2, 0.25) is 5.91 Å². The summed E-state index contributed by atoms with van der Waals surface area (Å²) < 4.78 is 6.69. The lowest BCUT2D eigenvalue weighted by atomic mass is 10.1. The summed E-state index contributed by atoms with van der Waals surface area (Å²) in [5, 5.41) is 5.78. The first-order valence-corrected chi connectivity index (χ1v) is 12.7. The number of nitrogens with zero attached hydrogens (tertiary/aromatic N) is 1. The van der Waals surface area contributed by atoms with E-state index in [1.54, 1.807) is 23.1 Å². The number of halogens is 3. The van der Waals surface area contributed by atoms with E-state index in [2.05, 4.69) is 21.2 Å². The Balaban J connectivity index is 1.83. The average Bonchev–Trinajstić information content (AvgIpc) is 2.84. The first-order chi connectivity index (χ1) is 16.3. The molecule has 2 amide bonds. The summed E-state index contributed by atoms with van der Waals surface area (Å²) in [5.41, 5.74) is 0.774. The smallest absolute Gasteiger partial charge is 0.261 e. The van der Waals surface area contributed by atoms with Gasteiger partial charge in [0.15, 0.2) is 6.61 Å². The maximum absolute atomic E-state index is 13.4. The highest BCUT2D eigenvalue weighted by molar-refractivity contribution is 9.10. The summed E-state index contributed by atoms with van der Waals surface area (Å²) >= 11 is 15.8. The maximum atomic E-state index is 13.4. The number of ether oxygens (including phenoxy) is 1. The van der Waals surface area contributed by atoms with Crippen molar-refractivity contribution in [2.24, 2.45) is 0 Å². The van der Waals surface area contributed by atoms with E-state index in [1.165, 1.54) is 0 Å². The Morgan fingerprint density at radius 2 is 1.82 bits per heavy atom. The van der Waals surface area contributed by atoms with Gasteiger partial charge in [0, 0.05) is 13.1 Å². The van der Waals surface area contributed by atoms with Gasteiger partial charge in [-0.05, 0) is 63.3 Å². The van der Waals surface area contributed by atoms with Crippen LogP contribution in [0.15, 0.2) is 59.1 Å². The first-order valence-electron chi connectivity index (χ1n) is 11.2. The van der Waals surface area contributed by atoms with Crippen molar-refractivity contribution >= 4 is 61.7 Å². The molecule has 0 aliphatic carbocycles. The van der Waals surface area contributed by atoms with Crippen LogP contribution >= 0.6 is 39.1 Å². The van der Waals surface area contributed by atoms with E-state index in [4.69, 9.17) is 27.9 Å². The molecule has 3 aromatic rings. The number of carbonyl (C=O) groups excluding carboxylic acids is 2. The fourth-order valence-electron chi connectivity index (χ4n) is 3.67. The van der Waals surface area contributed by atoms with Crippen LogP contribution in [-0.2, 0) is 16.1 Å². The van der Waals surface area contributed by atoms with Crippen LogP contribution in [0.5, 0.6) is 5.75 Å². The molecule has 1 N–H and O–H groups in total. The normalized spacial score (nSPS) is 11.8. The van der Waals surface area contributed by atoms with E-state index >= 15 is 0 Å². The lowest BCUT2D eigenvalue weighted by Crippen LogP contribution is -2.50. The second kappa shape index (κ2) is 12.4. The second-order valence-corrected chi connectivity index (χ2v) is 9.48. The highest BCUT2D eigenvalue weighted by atomic mass is 79.9. The molecule has 0 aliphatic heterocycles. The van der Waals surface area contributed by atoms with E-state index in [1.807, 2.05) is 50.2 Å². The van der Waals surface area contributed by atoms with Gasteiger partial charge in [-0.15, -0.1) is 0 Å². The number of carbonyl (C=O) groups is 2. The molecule has 34 heavy (non-hydrogen) atoms. The molecule has 3 rings (SSSR count). The number of amides is 2. The molecule has 0 fully saturated rings. The fourth-order valence-corrected chi connectivity index (χ4v) is 4.60. The van der Waals surface area contributed by atoms with Crippen LogP contribution in [0.3, 0.4) is 0 Å². The first kappa shape index (κ1) is 26.3. The summed E-state index contributed by atoms with van der Waals surface area (Å²) in [6.07, 6.45) is 1.27. The van der Waals surface area contributed by atoms with E-state index in [0.29, 0.717) is 28.8 Å². The maximum Gasteiger partial charge on any atom is 0.261 e. The molecular formula is C26H27BrCl2N2O3. The lowest BCUT2D eigenvalue weighted by molar-refractivity contribution is -0.143. The molecule has 0 bridgehead atoms. The van der Waals surface area contributed by atoms with Crippen LogP contribution in [0, 0.1) is 0 Å². The minimum Gasteiger partial charge on any atom is -0.483 e. The molecule has 0 unspecified atom stereocenters. The van der Waals surface area contributed by atoms with E-state index in [9.17, 15) is 9.59 Å². The molecule has 1 atom stereocenters. The van der Waals surface area contributed by atoms with Gasteiger partial charge in [-0.2, -0.15) is 0 Å². The third-order valence-electron chi connectivity index (χ3n) is 5.45. The molecule has 0 saturated heterocycles. The van der Waals surface area contributed by atoms with Crippen molar-refractivity contribution in [1.82, 2.24) is 10.2 Å². The van der Waals surface area contributed by atoms with Gasteiger partial charge < -0.3 is 15.0 Å². The van der Waals surface area contributed by atoms with Crippen LogP contribution in [0.4, 0.5) is 0 Å². The van der Waals surface area contributed by atoms with Crippen molar-refractivity contribution < 1.29 is 14.3 Å². The summed E-state index contributed by atoms with van der Waals surface area (Å²) in [4.78, 5) is 27.8. The number of benzene rings is 3. The zero-order chi connectivity index (χ0) is 24.7. The van der Waals surface area contributed by atoms with Crippen LogP contribution in [0.2, 0.25) is 10.0 Å². The summed E-state index contributed by atoms with van der Waals surface area (Å²) in [7, 11) is 0. The molecule has 8 heteroatoms. The zero-order valence-electron chi connectivity index (χ0n) is 19.1. The Morgan fingerprint density at radius 1 is 1.06 bits per heavy atom. The molecule has 0 aromatic heterocycles. The topological polar surface area (TPSA) is 58.6 Å². The highest BCUT2D eigenvalue weighted by Gasteiger charge is 2.29. The molecule has 5 nitrogen and oxygen atoms in total. The molecule has 3 aromatic carbocycles. The Hall–Kier alpha value is -2.28. The van der Waals surface area contributed by atoms with Crippen molar-refractivity contribution in [3.63, 3.8) is 0 Å². The van der Waals surface area contributed by atoms with E-state index in [-0.39, 0.29) is 25.0 Å². The van der Waals surface area contributed by atoms with Crippen LogP contribution in [0.1, 0.15) is 32.3 Å². The van der Waals surface area contributed by atoms with Crippen LogP contribution in [0.25, 0.3) is 10.8 Å². The summed E-state index contributed by atoms with van der Waals surface area (Å²) in [6, 6.07) is 16.2. The predicted octanol–water partition coefficient (Wildman–Crippen LogP) is 6.62. The van der Waals surface area contributed by atoms with Crippen molar-refractivity contribution in [2.75, 3.05) is 13.2 Å². The average molecular weight is 566 g/mol. The second-order valence-electron chi connectivity index (χ2n) is 7.87. The number of hydrogen-bond acceptors (Lipinski definition) is 3. The Morgan fingerprint density at radius 3 is 2.53 bits per heavy atom. The van der Waals surface area contributed by atoms with Gasteiger partial charge >= 0.3 is 0 Å². The third-order valence-corrected chi connectivity index (χ3v) is 7.01. The van der Waals surface area contributed by atoms with Gasteiger partial charge in [0.1, 0.15) is 11.8 Å². The minimum atomic E-state index is -0.642. The lowest BCUT2D eigenvalue weighted by Gasteiger charge is -2.30. The number of hydrogen-bond donors (Lipinski definition) is 1. The SMILES string of the molecule is CCCNC(=O)[C@@H](CC)N(Cc1ccc(Cl)c(Cl)c1)C(=O)COc1ccc2ccccc2c1Br. The van der Waals surface area contributed by atoms with Crippen LogP contribution < -0.4 is 10.1 Å². The molecule has 0 radical (unpaired) electrons. The van der Waals surface area contributed by atoms with Gasteiger partial charge in [-0.1, -0.05) is 73.4 Å². The van der Waals surface area contributed by atoms with Gasteiger partial charge in [0.25, 0.3) is 5.91 Å². The molecular weight excluding hydrogens is 539 g/mol. The number of nitrogens with one attached hydrogen (secondary N) is 1. The fraction of sp³-hybridized carbons (Fsp3) is 0.308. The Bertz CT molecular complexity index is 1170. The standard InChI is InChI=1S/C26H27BrCl2N2O3/c1-3-13-30-26(33)22(4-2)31(15-17-9-11-20(28)21(29)14-17)24(32)16-34-23-12-10-18-7-5-6-8-19(18)25(23)27/h5-12,14,22H,3-4,13,15-16H2,1-2H3,(H,30,33)/t22-/m1/s1. The van der Waals surface area contributed by atoms with Crippen molar-refractivity contribution in [2.45, 2.75) is 39.3 Å². The molecule has 0 aliphatic rings. The predicted molar refractivity (Wildman–Crippen MR) is 142 cm³/mol. The van der Waals surface area contributed by atoms with E-state index in [0.717, 1.165) is 27.2 Å². The van der Waals surface area contributed by atoms with E-state index < -0.39 is 6.04 Å². The molecule has 0 heterocycles. The molecule has 180 valence electrons. The van der Waals surface area contributed by atoms with Crippen molar-refractivity contribution in [3.05, 3.63) is 74.7 Å². The molecule has 0 saturated carbocycles. The third kappa shape index (κ3) is 6.44. The number of fused-ring (bicyclic) bond motifs is 1. The Labute approximate surface area is 218 Å². The quantitative estimate of drug-likeness (QED) is 0.300.